The quantitative estimate of drug-likeness (QED) is 0.936. The molecule has 1 N–H and O–H groups in total. The molecule has 0 unspecified atom stereocenters. The van der Waals surface area contributed by atoms with Crippen LogP contribution in [0.1, 0.15) is 10.7 Å². The van der Waals surface area contributed by atoms with E-state index in [1.807, 2.05) is 24.0 Å². The van der Waals surface area contributed by atoms with Crippen molar-refractivity contribution in [3.8, 4) is 0 Å². The summed E-state index contributed by atoms with van der Waals surface area (Å²) >= 11 is 5.20. The van der Waals surface area contributed by atoms with Crippen LogP contribution >= 0.6 is 27.3 Å². The summed E-state index contributed by atoms with van der Waals surface area (Å²) < 4.78 is 3.20. The molecule has 0 saturated heterocycles. The predicted molar refractivity (Wildman–Crippen MR) is 65.8 cm³/mol. The molecule has 0 fully saturated rings. The number of halogens is 1. The van der Waals surface area contributed by atoms with Crippen LogP contribution in [-0.2, 0) is 20.1 Å². The van der Waals surface area contributed by atoms with E-state index in [1.165, 1.54) is 8.66 Å². The molecule has 2 aromatic rings. The van der Waals surface area contributed by atoms with Crippen molar-refractivity contribution in [1.29, 1.82) is 0 Å². The molecule has 3 nitrogen and oxygen atoms in total. The summed E-state index contributed by atoms with van der Waals surface area (Å²) in [6.07, 6.45) is 3.78. The van der Waals surface area contributed by atoms with Crippen LogP contribution < -0.4 is 5.32 Å². The van der Waals surface area contributed by atoms with Crippen molar-refractivity contribution in [2.24, 2.45) is 7.05 Å². The van der Waals surface area contributed by atoms with E-state index in [0.29, 0.717) is 0 Å². The molecule has 0 aromatic carbocycles. The van der Waals surface area contributed by atoms with Crippen LogP contribution in [0.3, 0.4) is 0 Å². The van der Waals surface area contributed by atoms with Crippen molar-refractivity contribution < 1.29 is 0 Å². The Morgan fingerprint density at radius 1 is 1.47 bits per heavy atom. The molecule has 0 radical (unpaired) electrons. The molecule has 0 atom stereocenters. The van der Waals surface area contributed by atoms with Crippen LogP contribution in [0.2, 0.25) is 0 Å². The molecule has 5 heteroatoms. The van der Waals surface area contributed by atoms with Gasteiger partial charge in [-0.1, -0.05) is 0 Å². The first-order chi connectivity index (χ1) is 7.25. The Morgan fingerprint density at radius 2 is 2.33 bits per heavy atom. The van der Waals surface area contributed by atoms with E-state index in [2.05, 4.69) is 38.4 Å². The number of hydrogen-bond donors (Lipinski definition) is 1. The third kappa shape index (κ3) is 2.90. The van der Waals surface area contributed by atoms with Crippen LogP contribution in [-0.4, -0.2) is 9.55 Å². The standard InChI is InChI=1S/C10H12BrN3S/c1-14-5-4-13-10(14)7-12-6-8-2-3-9(11)15-8/h2-5,12H,6-7H2,1H3. The summed E-state index contributed by atoms with van der Waals surface area (Å²) in [5, 5.41) is 3.36. The van der Waals surface area contributed by atoms with E-state index in [4.69, 9.17) is 0 Å². The van der Waals surface area contributed by atoms with Gasteiger partial charge in [0, 0.05) is 30.9 Å². The molecule has 0 aliphatic heterocycles. The highest BCUT2D eigenvalue weighted by atomic mass is 79.9. The van der Waals surface area contributed by atoms with Crippen molar-refractivity contribution in [1.82, 2.24) is 14.9 Å². The van der Waals surface area contributed by atoms with Gasteiger partial charge in [-0.3, -0.25) is 0 Å². The summed E-state index contributed by atoms with van der Waals surface area (Å²) in [5.74, 6) is 1.06. The number of aryl methyl sites for hydroxylation is 1. The Balaban J connectivity index is 1.83. The second kappa shape index (κ2) is 4.92. The molecule has 15 heavy (non-hydrogen) atoms. The van der Waals surface area contributed by atoms with Crippen molar-refractivity contribution in [2.45, 2.75) is 13.1 Å². The second-order valence-electron chi connectivity index (χ2n) is 3.26. The van der Waals surface area contributed by atoms with Gasteiger partial charge in [0.05, 0.1) is 10.3 Å². The Morgan fingerprint density at radius 3 is 2.93 bits per heavy atom. The summed E-state index contributed by atoms with van der Waals surface area (Å²) in [6, 6.07) is 4.20. The third-order valence-corrected chi connectivity index (χ3v) is 3.76. The second-order valence-corrected chi connectivity index (χ2v) is 5.81. The van der Waals surface area contributed by atoms with Crippen LogP contribution in [0.15, 0.2) is 28.3 Å². The number of thiophene rings is 1. The van der Waals surface area contributed by atoms with Gasteiger partial charge in [0.1, 0.15) is 5.82 Å². The number of nitrogens with one attached hydrogen (secondary N) is 1. The molecular weight excluding hydrogens is 274 g/mol. The van der Waals surface area contributed by atoms with Gasteiger partial charge in [0.15, 0.2) is 0 Å². The van der Waals surface area contributed by atoms with Crippen molar-refractivity contribution in [3.05, 3.63) is 39.0 Å². The minimum atomic E-state index is 0.805. The summed E-state index contributed by atoms with van der Waals surface area (Å²) in [5.41, 5.74) is 0. The van der Waals surface area contributed by atoms with E-state index >= 15 is 0 Å². The van der Waals surface area contributed by atoms with Crippen LogP contribution in [0.4, 0.5) is 0 Å². The Hall–Kier alpha value is -0.650. The van der Waals surface area contributed by atoms with Crippen LogP contribution in [0, 0.1) is 0 Å². The first kappa shape index (κ1) is 10.9. The average Bonchev–Trinajstić information content (AvgIpc) is 2.77. The van der Waals surface area contributed by atoms with Gasteiger partial charge < -0.3 is 9.88 Å². The predicted octanol–water partition coefficient (Wildman–Crippen LogP) is 2.53. The van der Waals surface area contributed by atoms with E-state index < -0.39 is 0 Å². The average molecular weight is 286 g/mol. The summed E-state index contributed by atoms with van der Waals surface area (Å²) in [6.45, 7) is 1.70. The molecule has 0 bridgehead atoms. The topological polar surface area (TPSA) is 29.9 Å². The maximum atomic E-state index is 4.25. The fourth-order valence-electron chi connectivity index (χ4n) is 1.31. The lowest BCUT2D eigenvalue weighted by molar-refractivity contribution is 0.643. The lowest BCUT2D eigenvalue weighted by Gasteiger charge is -2.02. The molecule has 0 spiro atoms. The highest BCUT2D eigenvalue weighted by molar-refractivity contribution is 9.11. The first-order valence-electron chi connectivity index (χ1n) is 4.67. The van der Waals surface area contributed by atoms with E-state index in [0.717, 1.165) is 18.9 Å². The van der Waals surface area contributed by atoms with Gasteiger partial charge >= 0.3 is 0 Å². The van der Waals surface area contributed by atoms with Crippen molar-refractivity contribution >= 4 is 27.3 Å². The molecule has 0 amide bonds. The zero-order valence-electron chi connectivity index (χ0n) is 8.40. The minimum Gasteiger partial charge on any atom is -0.337 e. The minimum absolute atomic E-state index is 0.805. The van der Waals surface area contributed by atoms with E-state index in [-0.39, 0.29) is 0 Å². The SMILES string of the molecule is Cn1ccnc1CNCc1ccc(Br)s1. The van der Waals surface area contributed by atoms with Crippen LogP contribution in [0.5, 0.6) is 0 Å². The lowest BCUT2D eigenvalue weighted by Crippen LogP contribution is -2.14. The number of rotatable bonds is 4. The van der Waals surface area contributed by atoms with Crippen LogP contribution in [0.25, 0.3) is 0 Å². The zero-order chi connectivity index (χ0) is 10.7. The fraction of sp³-hybridized carbons (Fsp3) is 0.300. The fourth-order valence-corrected chi connectivity index (χ4v) is 2.76. The molecule has 0 saturated carbocycles. The normalized spacial score (nSPS) is 10.8. The van der Waals surface area contributed by atoms with Gasteiger partial charge in [-0.15, -0.1) is 11.3 Å². The van der Waals surface area contributed by atoms with Crippen molar-refractivity contribution in [2.75, 3.05) is 0 Å². The van der Waals surface area contributed by atoms with E-state index in [9.17, 15) is 0 Å². The highest BCUT2D eigenvalue weighted by Gasteiger charge is 2.00. The van der Waals surface area contributed by atoms with Gasteiger partial charge in [-0.2, -0.15) is 0 Å². The van der Waals surface area contributed by atoms with Gasteiger partial charge in [-0.05, 0) is 28.1 Å². The number of nitrogens with zero attached hydrogens (tertiary/aromatic N) is 2. The maximum absolute atomic E-state index is 4.25. The number of aromatic nitrogens is 2. The lowest BCUT2D eigenvalue weighted by atomic mass is 10.4. The monoisotopic (exact) mass is 285 g/mol. The molecule has 2 heterocycles. The Labute approximate surface area is 101 Å². The van der Waals surface area contributed by atoms with E-state index in [1.54, 1.807) is 11.3 Å². The molecule has 0 aliphatic carbocycles. The number of hydrogen-bond acceptors (Lipinski definition) is 3. The molecular formula is C10H12BrN3S. The van der Waals surface area contributed by atoms with Gasteiger partial charge in [0.2, 0.25) is 0 Å². The molecule has 2 aromatic heterocycles. The Bertz CT molecular complexity index is 435. The van der Waals surface area contributed by atoms with Crippen molar-refractivity contribution in [3.63, 3.8) is 0 Å². The zero-order valence-corrected chi connectivity index (χ0v) is 10.8. The Kier molecular flexibility index (Phi) is 3.56. The highest BCUT2D eigenvalue weighted by Crippen LogP contribution is 2.21. The maximum Gasteiger partial charge on any atom is 0.122 e. The first-order valence-corrected chi connectivity index (χ1v) is 6.28. The largest absolute Gasteiger partial charge is 0.337 e. The summed E-state index contributed by atoms with van der Waals surface area (Å²) in [4.78, 5) is 5.58. The summed E-state index contributed by atoms with van der Waals surface area (Å²) in [7, 11) is 2.01. The van der Waals surface area contributed by atoms with Gasteiger partial charge in [0.25, 0.3) is 0 Å². The van der Waals surface area contributed by atoms with Gasteiger partial charge in [-0.25, -0.2) is 4.98 Å². The third-order valence-electron chi connectivity index (χ3n) is 2.13. The smallest absolute Gasteiger partial charge is 0.122 e. The molecule has 80 valence electrons. The molecule has 2 rings (SSSR count). The molecule has 0 aliphatic rings. The number of imidazole rings is 1.